The molecule has 120 valence electrons. The largest absolute Gasteiger partial charge is 0.496 e. The Kier molecular flexibility index (Phi) is 5.87. The summed E-state index contributed by atoms with van der Waals surface area (Å²) in [6.45, 7) is 6.16. The SMILES string of the molecule is COc1cc(OC)c([C@H](O)C[C@H](N)C(C)(C)C)cc1OC. The number of hydrogen-bond donors (Lipinski definition) is 2. The van der Waals surface area contributed by atoms with Gasteiger partial charge in [0, 0.05) is 17.7 Å². The van der Waals surface area contributed by atoms with Crippen molar-refractivity contribution in [1.82, 2.24) is 0 Å². The average molecular weight is 297 g/mol. The van der Waals surface area contributed by atoms with Gasteiger partial charge in [0.1, 0.15) is 5.75 Å². The third-order valence-electron chi connectivity index (χ3n) is 3.68. The van der Waals surface area contributed by atoms with Crippen molar-refractivity contribution in [2.24, 2.45) is 11.1 Å². The fourth-order valence-electron chi connectivity index (χ4n) is 2.03. The van der Waals surface area contributed by atoms with Crippen molar-refractivity contribution in [2.45, 2.75) is 39.3 Å². The summed E-state index contributed by atoms with van der Waals surface area (Å²) in [6, 6.07) is 3.31. The first-order valence-electron chi connectivity index (χ1n) is 6.98. The van der Waals surface area contributed by atoms with E-state index in [9.17, 15) is 5.11 Å². The first-order valence-corrected chi connectivity index (χ1v) is 6.98. The molecule has 0 bridgehead atoms. The summed E-state index contributed by atoms with van der Waals surface area (Å²) >= 11 is 0. The van der Waals surface area contributed by atoms with Crippen molar-refractivity contribution < 1.29 is 19.3 Å². The van der Waals surface area contributed by atoms with Crippen LogP contribution in [0.3, 0.4) is 0 Å². The first-order chi connectivity index (χ1) is 9.74. The average Bonchev–Trinajstić information content (AvgIpc) is 2.44. The molecule has 2 atom stereocenters. The minimum absolute atomic E-state index is 0.0786. The number of aliphatic hydroxyl groups excluding tert-OH is 1. The van der Waals surface area contributed by atoms with E-state index in [0.29, 0.717) is 29.2 Å². The predicted octanol–water partition coefficient (Wildman–Crippen LogP) is 2.51. The summed E-state index contributed by atoms with van der Waals surface area (Å²) in [5.74, 6) is 1.67. The lowest BCUT2D eigenvalue weighted by atomic mass is 9.83. The van der Waals surface area contributed by atoms with Gasteiger partial charge in [-0.2, -0.15) is 0 Å². The van der Waals surface area contributed by atoms with Gasteiger partial charge < -0.3 is 25.1 Å². The molecular formula is C16H27NO4. The molecule has 5 heteroatoms. The van der Waals surface area contributed by atoms with Gasteiger partial charge in [0.05, 0.1) is 27.4 Å². The van der Waals surface area contributed by atoms with Gasteiger partial charge in [0.15, 0.2) is 11.5 Å². The number of methoxy groups -OCH3 is 3. The van der Waals surface area contributed by atoms with Crippen LogP contribution in [0.4, 0.5) is 0 Å². The van der Waals surface area contributed by atoms with Crippen molar-refractivity contribution in [2.75, 3.05) is 21.3 Å². The maximum Gasteiger partial charge on any atom is 0.164 e. The molecule has 3 N–H and O–H groups in total. The lowest BCUT2D eigenvalue weighted by Crippen LogP contribution is -2.36. The van der Waals surface area contributed by atoms with Gasteiger partial charge in [-0.05, 0) is 17.9 Å². The number of rotatable bonds is 6. The van der Waals surface area contributed by atoms with Crippen LogP contribution in [0.15, 0.2) is 12.1 Å². The maximum atomic E-state index is 10.5. The predicted molar refractivity (Wildman–Crippen MR) is 83.1 cm³/mol. The number of benzene rings is 1. The summed E-state index contributed by atoms with van der Waals surface area (Å²) in [6.07, 6.45) is -0.288. The molecule has 0 aliphatic heterocycles. The van der Waals surface area contributed by atoms with Crippen molar-refractivity contribution in [3.8, 4) is 17.2 Å². The molecule has 0 saturated heterocycles. The Hall–Kier alpha value is -1.46. The maximum absolute atomic E-state index is 10.5. The molecule has 0 saturated carbocycles. The smallest absolute Gasteiger partial charge is 0.164 e. The monoisotopic (exact) mass is 297 g/mol. The van der Waals surface area contributed by atoms with Gasteiger partial charge >= 0.3 is 0 Å². The Morgan fingerprint density at radius 2 is 1.48 bits per heavy atom. The fraction of sp³-hybridized carbons (Fsp3) is 0.625. The van der Waals surface area contributed by atoms with Gasteiger partial charge in [-0.25, -0.2) is 0 Å². The number of hydrogen-bond acceptors (Lipinski definition) is 5. The molecule has 0 unspecified atom stereocenters. The lowest BCUT2D eigenvalue weighted by molar-refractivity contribution is 0.130. The van der Waals surface area contributed by atoms with Crippen LogP contribution in [0.5, 0.6) is 17.2 Å². The van der Waals surface area contributed by atoms with E-state index in [-0.39, 0.29) is 11.5 Å². The number of nitrogens with two attached hydrogens (primary N) is 1. The standard InChI is InChI=1S/C16H27NO4/c1-16(2,3)15(17)8-11(18)10-7-13(20-5)14(21-6)9-12(10)19-4/h7,9,11,15,18H,8,17H2,1-6H3/t11-,15+/m1/s1. The Morgan fingerprint density at radius 3 is 1.90 bits per heavy atom. The van der Waals surface area contributed by atoms with E-state index >= 15 is 0 Å². The minimum Gasteiger partial charge on any atom is -0.496 e. The fourth-order valence-corrected chi connectivity index (χ4v) is 2.03. The van der Waals surface area contributed by atoms with E-state index in [1.807, 2.05) is 0 Å². The zero-order valence-corrected chi connectivity index (χ0v) is 13.8. The Balaban J connectivity index is 3.10. The second-order valence-corrected chi connectivity index (χ2v) is 6.17. The molecular weight excluding hydrogens is 270 g/mol. The van der Waals surface area contributed by atoms with E-state index in [0.717, 1.165) is 0 Å². The number of aliphatic hydroxyl groups is 1. The van der Waals surface area contributed by atoms with Crippen LogP contribution in [0.25, 0.3) is 0 Å². The second-order valence-electron chi connectivity index (χ2n) is 6.17. The minimum atomic E-state index is -0.728. The molecule has 0 heterocycles. The normalized spacial score (nSPS) is 14.5. The third kappa shape index (κ3) is 4.25. The molecule has 5 nitrogen and oxygen atoms in total. The van der Waals surface area contributed by atoms with E-state index in [2.05, 4.69) is 20.8 Å². The molecule has 0 aliphatic rings. The topological polar surface area (TPSA) is 73.9 Å². The lowest BCUT2D eigenvalue weighted by Gasteiger charge is -2.29. The highest BCUT2D eigenvalue weighted by Gasteiger charge is 2.26. The summed E-state index contributed by atoms with van der Waals surface area (Å²) in [7, 11) is 4.67. The van der Waals surface area contributed by atoms with Gasteiger partial charge in [-0.3, -0.25) is 0 Å². The number of ether oxygens (including phenoxy) is 3. The van der Waals surface area contributed by atoms with Crippen LogP contribution < -0.4 is 19.9 Å². The van der Waals surface area contributed by atoms with E-state index in [1.165, 1.54) is 0 Å². The summed E-state index contributed by atoms with van der Waals surface area (Å²) in [4.78, 5) is 0. The van der Waals surface area contributed by atoms with E-state index in [4.69, 9.17) is 19.9 Å². The van der Waals surface area contributed by atoms with Crippen LogP contribution >= 0.6 is 0 Å². The zero-order valence-electron chi connectivity index (χ0n) is 13.8. The molecule has 0 fully saturated rings. The summed E-state index contributed by atoms with van der Waals surface area (Å²) < 4.78 is 15.9. The van der Waals surface area contributed by atoms with Crippen molar-refractivity contribution in [3.63, 3.8) is 0 Å². The summed E-state index contributed by atoms with van der Waals surface area (Å²) in [5.41, 5.74) is 6.72. The Labute approximate surface area is 127 Å². The van der Waals surface area contributed by atoms with Crippen LogP contribution in [0.2, 0.25) is 0 Å². The molecule has 1 aromatic carbocycles. The highest BCUT2D eigenvalue weighted by molar-refractivity contribution is 5.51. The highest BCUT2D eigenvalue weighted by Crippen LogP contribution is 2.39. The zero-order chi connectivity index (χ0) is 16.2. The van der Waals surface area contributed by atoms with Crippen LogP contribution in [0.1, 0.15) is 38.9 Å². The molecule has 0 amide bonds. The van der Waals surface area contributed by atoms with E-state index in [1.54, 1.807) is 33.5 Å². The Bertz CT molecular complexity index is 468. The van der Waals surface area contributed by atoms with Crippen molar-refractivity contribution in [3.05, 3.63) is 17.7 Å². The van der Waals surface area contributed by atoms with Crippen LogP contribution in [0, 0.1) is 5.41 Å². The van der Waals surface area contributed by atoms with E-state index < -0.39 is 6.10 Å². The molecule has 1 aromatic rings. The molecule has 0 aromatic heterocycles. The molecule has 1 rings (SSSR count). The molecule has 0 spiro atoms. The quantitative estimate of drug-likeness (QED) is 0.844. The Morgan fingerprint density at radius 1 is 1.00 bits per heavy atom. The van der Waals surface area contributed by atoms with Gasteiger partial charge in [0.2, 0.25) is 0 Å². The molecule has 21 heavy (non-hydrogen) atoms. The van der Waals surface area contributed by atoms with Gasteiger partial charge in [-0.1, -0.05) is 20.8 Å². The summed E-state index contributed by atoms with van der Waals surface area (Å²) in [5, 5.41) is 10.5. The first kappa shape index (κ1) is 17.6. The van der Waals surface area contributed by atoms with Crippen LogP contribution in [-0.4, -0.2) is 32.5 Å². The van der Waals surface area contributed by atoms with Crippen molar-refractivity contribution >= 4 is 0 Å². The van der Waals surface area contributed by atoms with Gasteiger partial charge in [-0.15, -0.1) is 0 Å². The van der Waals surface area contributed by atoms with Crippen molar-refractivity contribution in [1.29, 1.82) is 0 Å². The van der Waals surface area contributed by atoms with Crippen LogP contribution in [-0.2, 0) is 0 Å². The highest BCUT2D eigenvalue weighted by atomic mass is 16.5. The molecule has 0 radical (unpaired) electrons. The second kappa shape index (κ2) is 7.00. The molecule has 0 aliphatic carbocycles. The van der Waals surface area contributed by atoms with Gasteiger partial charge in [0.25, 0.3) is 0 Å². The third-order valence-corrected chi connectivity index (χ3v) is 3.68.